The van der Waals surface area contributed by atoms with E-state index in [1.165, 1.54) is 6.08 Å². The maximum atomic E-state index is 12.4. The summed E-state index contributed by atoms with van der Waals surface area (Å²) < 4.78 is 5.78. The van der Waals surface area contributed by atoms with Gasteiger partial charge in [0, 0.05) is 5.56 Å². The monoisotopic (exact) mass is 322 g/mol. The SMILES string of the molecule is CC1(C)C=Cc2ccc(C(=O)C=Cc3ccc(O)cc3)c(O)c2O1. The smallest absolute Gasteiger partial charge is 0.189 e. The van der Waals surface area contributed by atoms with Gasteiger partial charge in [0.15, 0.2) is 17.3 Å². The first-order valence-electron chi connectivity index (χ1n) is 7.61. The van der Waals surface area contributed by atoms with Gasteiger partial charge in [0.2, 0.25) is 0 Å². The number of aromatic hydroxyl groups is 2. The van der Waals surface area contributed by atoms with Crippen molar-refractivity contribution in [3.8, 4) is 17.2 Å². The van der Waals surface area contributed by atoms with E-state index >= 15 is 0 Å². The minimum absolute atomic E-state index is 0.148. The van der Waals surface area contributed by atoms with E-state index in [9.17, 15) is 15.0 Å². The molecule has 0 aliphatic carbocycles. The van der Waals surface area contributed by atoms with Gasteiger partial charge in [-0.2, -0.15) is 0 Å². The zero-order chi connectivity index (χ0) is 17.3. The Morgan fingerprint density at radius 1 is 1.08 bits per heavy atom. The number of fused-ring (bicyclic) bond motifs is 1. The van der Waals surface area contributed by atoms with Crippen LogP contribution in [0.15, 0.2) is 48.6 Å². The van der Waals surface area contributed by atoms with Crippen LogP contribution in [0.1, 0.15) is 35.3 Å². The van der Waals surface area contributed by atoms with Gasteiger partial charge in [-0.3, -0.25) is 4.79 Å². The van der Waals surface area contributed by atoms with Gasteiger partial charge in [0.25, 0.3) is 0 Å². The molecule has 0 unspecified atom stereocenters. The maximum Gasteiger partial charge on any atom is 0.189 e. The molecule has 1 aliphatic rings. The number of ether oxygens (including phenoxy) is 1. The lowest BCUT2D eigenvalue weighted by Crippen LogP contribution is -2.27. The molecule has 2 N–H and O–H groups in total. The van der Waals surface area contributed by atoms with Crippen molar-refractivity contribution in [1.29, 1.82) is 0 Å². The highest BCUT2D eigenvalue weighted by Gasteiger charge is 2.26. The fourth-order valence-electron chi connectivity index (χ4n) is 2.46. The number of hydrogen-bond donors (Lipinski definition) is 2. The zero-order valence-corrected chi connectivity index (χ0v) is 13.5. The van der Waals surface area contributed by atoms with Crippen molar-refractivity contribution in [3.05, 3.63) is 65.2 Å². The fraction of sp³-hybridized carbons (Fsp3) is 0.150. The molecule has 2 aromatic rings. The average Bonchev–Trinajstić information content (AvgIpc) is 2.54. The summed E-state index contributed by atoms with van der Waals surface area (Å²) in [6.07, 6.45) is 6.79. The summed E-state index contributed by atoms with van der Waals surface area (Å²) in [4.78, 5) is 12.4. The molecular weight excluding hydrogens is 304 g/mol. The maximum absolute atomic E-state index is 12.4. The average molecular weight is 322 g/mol. The van der Waals surface area contributed by atoms with Crippen LogP contribution >= 0.6 is 0 Å². The van der Waals surface area contributed by atoms with Crippen LogP contribution < -0.4 is 4.74 Å². The Balaban J connectivity index is 1.89. The van der Waals surface area contributed by atoms with E-state index in [4.69, 9.17) is 4.74 Å². The second-order valence-electron chi connectivity index (χ2n) is 6.21. The third-order valence-electron chi connectivity index (χ3n) is 3.78. The zero-order valence-electron chi connectivity index (χ0n) is 13.5. The molecule has 0 amide bonds. The van der Waals surface area contributed by atoms with E-state index in [-0.39, 0.29) is 22.8 Å². The van der Waals surface area contributed by atoms with Gasteiger partial charge in [-0.25, -0.2) is 0 Å². The fourth-order valence-corrected chi connectivity index (χ4v) is 2.46. The highest BCUT2D eigenvalue weighted by atomic mass is 16.5. The number of phenols is 2. The Hall–Kier alpha value is -3.01. The molecule has 0 atom stereocenters. The lowest BCUT2D eigenvalue weighted by molar-refractivity contribution is 0.104. The number of phenolic OH excluding ortho intramolecular Hbond substituents is 2. The summed E-state index contributed by atoms with van der Waals surface area (Å²) in [5.41, 5.74) is 1.17. The lowest BCUT2D eigenvalue weighted by atomic mass is 9.98. The molecule has 0 saturated carbocycles. The summed E-state index contributed by atoms with van der Waals surface area (Å²) >= 11 is 0. The Kier molecular flexibility index (Phi) is 3.89. The topological polar surface area (TPSA) is 66.8 Å². The number of carbonyl (C=O) groups excluding carboxylic acids is 1. The summed E-state index contributed by atoms with van der Waals surface area (Å²) in [7, 11) is 0. The molecule has 122 valence electrons. The normalized spacial score (nSPS) is 15.1. The molecule has 2 aromatic carbocycles. The van der Waals surface area contributed by atoms with Gasteiger partial charge in [-0.05, 0) is 49.8 Å². The largest absolute Gasteiger partial charge is 0.508 e. The molecule has 0 radical (unpaired) electrons. The second kappa shape index (κ2) is 5.89. The lowest BCUT2D eigenvalue weighted by Gasteiger charge is -2.28. The Morgan fingerprint density at radius 2 is 1.79 bits per heavy atom. The summed E-state index contributed by atoms with van der Waals surface area (Å²) in [5, 5.41) is 19.7. The molecule has 24 heavy (non-hydrogen) atoms. The molecule has 0 aromatic heterocycles. The first-order chi connectivity index (χ1) is 11.4. The third-order valence-corrected chi connectivity index (χ3v) is 3.78. The number of ketones is 1. The molecule has 1 aliphatic heterocycles. The first-order valence-corrected chi connectivity index (χ1v) is 7.61. The van der Waals surface area contributed by atoms with Gasteiger partial charge in [0.1, 0.15) is 11.4 Å². The second-order valence-corrected chi connectivity index (χ2v) is 6.21. The van der Waals surface area contributed by atoms with E-state index in [1.54, 1.807) is 42.5 Å². The minimum Gasteiger partial charge on any atom is -0.508 e. The molecular formula is C20H18O4. The molecule has 1 heterocycles. The van der Waals surface area contributed by atoms with Crippen molar-refractivity contribution in [3.63, 3.8) is 0 Å². The number of allylic oxidation sites excluding steroid dienone is 1. The van der Waals surface area contributed by atoms with Crippen molar-refractivity contribution < 1.29 is 19.7 Å². The number of rotatable bonds is 3. The molecule has 0 saturated heterocycles. The number of hydrogen-bond acceptors (Lipinski definition) is 4. The molecule has 0 spiro atoms. The van der Waals surface area contributed by atoms with Crippen molar-refractivity contribution >= 4 is 17.9 Å². The molecule has 4 nitrogen and oxygen atoms in total. The highest BCUT2D eigenvalue weighted by molar-refractivity contribution is 6.09. The van der Waals surface area contributed by atoms with E-state index in [0.29, 0.717) is 5.75 Å². The van der Waals surface area contributed by atoms with E-state index in [1.807, 2.05) is 26.0 Å². The molecule has 4 heteroatoms. The summed E-state index contributed by atoms with van der Waals surface area (Å²) in [6.45, 7) is 3.76. The van der Waals surface area contributed by atoms with E-state index in [0.717, 1.165) is 11.1 Å². The summed E-state index contributed by atoms with van der Waals surface area (Å²) in [6, 6.07) is 9.82. The van der Waals surface area contributed by atoms with Gasteiger partial charge in [0.05, 0.1) is 5.56 Å². The first kappa shape index (κ1) is 15.9. The standard InChI is InChI=1S/C20H18O4/c1-20(2)12-11-14-6-9-16(18(23)19(14)24-20)17(22)10-5-13-3-7-15(21)8-4-13/h3-12,21,23H,1-2H3. The Labute approximate surface area is 140 Å². The quantitative estimate of drug-likeness (QED) is 0.657. The van der Waals surface area contributed by atoms with Crippen LogP contribution in [0.25, 0.3) is 12.2 Å². The van der Waals surface area contributed by atoms with Crippen LogP contribution in [0.2, 0.25) is 0 Å². The highest BCUT2D eigenvalue weighted by Crippen LogP contribution is 2.40. The molecule has 0 fully saturated rings. The van der Waals surface area contributed by atoms with Crippen molar-refractivity contribution in [1.82, 2.24) is 0 Å². The predicted molar refractivity (Wildman–Crippen MR) is 93.3 cm³/mol. The van der Waals surface area contributed by atoms with Crippen LogP contribution in [0, 0.1) is 0 Å². The van der Waals surface area contributed by atoms with Gasteiger partial charge < -0.3 is 14.9 Å². The Bertz CT molecular complexity index is 843. The van der Waals surface area contributed by atoms with Crippen LogP contribution in [0.4, 0.5) is 0 Å². The molecule has 3 rings (SSSR count). The van der Waals surface area contributed by atoms with Crippen molar-refractivity contribution in [2.75, 3.05) is 0 Å². The third kappa shape index (κ3) is 3.18. The number of benzene rings is 2. The van der Waals surface area contributed by atoms with Gasteiger partial charge in [-0.1, -0.05) is 30.4 Å². The Morgan fingerprint density at radius 3 is 2.50 bits per heavy atom. The van der Waals surface area contributed by atoms with E-state index in [2.05, 4.69) is 0 Å². The van der Waals surface area contributed by atoms with Crippen LogP contribution in [-0.2, 0) is 0 Å². The number of carbonyl (C=O) groups is 1. The van der Waals surface area contributed by atoms with Gasteiger partial charge >= 0.3 is 0 Å². The van der Waals surface area contributed by atoms with Crippen LogP contribution in [0.5, 0.6) is 17.2 Å². The van der Waals surface area contributed by atoms with Crippen molar-refractivity contribution in [2.45, 2.75) is 19.4 Å². The van der Waals surface area contributed by atoms with Crippen LogP contribution in [0.3, 0.4) is 0 Å². The summed E-state index contributed by atoms with van der Waals surface area (Å²) in [5.74, 6) is 0.0228. The minimum atomic E-state index is -0.534. The van der Waals surface area contributed by atoms with Crippen LogP contribution in [-0.4, -0.2) is 21.6 Å². The van der Waals surface area contributed by atoms with Gasteiger partial charge in [-0.15, -0.1) is 0 Å². The van der Waals surface area contributed by atoms with Crippen molar-refractivity contribution in [2.24, 2.45) is 0 Å². The molecule has 0 bridgehead atoms. The predicted octanol–water partition coefficient (Wildman–Crippen LogP) is 4.18. The van der Waals surface area contributed by atoms with E-state index < -0.39 is 5.60 Å².